The van der Waals surface area contributed by atoms with E-state index in [0.29, 0.717) is 6.61 Å². The van der Waals surface area contributed by atoms with Crippen molar-refractivity contribution in [2.45, 2.75) is 12.8 Å². The molecular formula is C22H26N4O. The SMILES string of the molecule is CN=C(NCCCOc1ccc2ccccc2c1)NCCc1cccnc1. The molecule has 140 valence electrons. The molecule has 2 aromatic carbocycles. The minimum atomic E-state index is 0.665. The highest BCUT2D eigenvalue weighted by molar-refractivity contribution is 5.83. The second-order valence-corrected chi connectivity index (χ2v) is 6.25. The number of nitrogens with zero attached hydrogens (tertiary/aromatic N) is 2. The number of fused-ring (bicyclic) bond motifs is 1. The van der Waals surface area contributed by atoms with Gasteiger partial charge in [-0.1, -0.05) is 36.4 Å². The first-order valence-electron chi connectivity index (χ1n) is 9.30. The maximum atomic E-state index is 5.86. The summed E-state index contributed by atoms with van der Waals surface area (Å²) >= 11 is 0. The standard InChI is InChI=1S/C22H26N4O/c1-23-22(26-14-11-18-6-4-12-24-17-18)25-13-5-15-27-21-10-9-19-7-2-3-8-20(19)16-21/h2-4,6-10,12,16-17H,5,11,13-15H2,1H3,(H2,23,25,26). The van der Waals surface area contributed by atoms with Crippen LogP contribution < -0.4 is 15.4 Å². The molecule has 5 heteroatoms. The third-order valence-corrected chi connectivity index (χ3v) is 4.26. The number of ether oxygens (including phenoxy) is 1. The first-order valence-corrected chi connectivity index (χ1v) is 9.30. The third-order valence-electron chi connectivity index (χ3n) is 4.26. The molecule has 0 radical (unpaired) electrons. The molecule has 27 heavy (non-hydrogen) atoms. The number of benzene rings is 2. The second-order valence-electron chi connectivity index (χ2n) is 6.25. The Labute approximate surface area is 160 Å². The van der Waals surface area contributed by atoms with Crippen LogP contribution in [-0.2, 0) is 6.42 Å². The van der Waals surface area contributed by atoms with Crippen LogP contribution in [0.25, 0.3) is 10.8 Å². The van der Waals surface area contributed by atoms with E-state index in [1.807, 2.05) is 30.5 Å². The summed E-state index contributed by atoms with van der Waals surface area (Å²) < 4.78 is 5.86. The molecule has 1 heterocycles. The Morgan fingerprint density at radius 3 is 2.67 bits per heavy atom. The molecule has 1 aromatic heterocycles. The molecule has 3 aromatic rings. The zero-order valence-corrected chi connectivity index (χ0v) is 15.7. The maximum absolute atomic E-state index is 5.86. The van der Waals surface area contributed by atoms with Gasteiger partial charge >= 0.3 is 0 Å². The Kier molecular flexibility index (Phi) is 7.04. The molecule has 0 aliphatic rings. The normalized spacial score (nSPS) is 11.4. The van der Waals surface area contributed by atoms with Crippen LogP contribution in [0.3, 0.4) is 0 Å². The van der Waals surface area contributed by atoms with Crippen LogP contribution in [0.1, 0.15) is 12.0 Å². The predicted molar refractivity (Wildman–Crippen MR) is 111 cm³/mol. The minimum absolute atomic E-state index is 0.665. The molecule has 0 saturated carbocycles. The average molecular weight is 362 g/mol. The zero-order chi connectivity index (χ0) is 18.7. The van der Waals surface area contributed by atoms with Crippen LogP contribution in [0, 0.1) is 0 Å². The number of pyridine rings is 1. The Morgan fingerprint density at radius 1 is 1.00 bits per heavy atom. The Bertz CT molecular complexity index is 864. The number of rotatable bonds is 8. The fourth-order valence-electron chi connectivity index (χ4n) is 2.82. The summed E-state index contributed by atoms with van der Waals surface area (Å²) in [7, 11) is 1.78. The molecule has 0 atom stereocenters. The number of hydrogen-bond donors (Lipinski definition) is 2. The van der Waals surface area contributed by atoms with Crippen molar-refractivity contribution in [3.8, 4) is 5.75 Å². The van der Waals surface area contributed by atoms with Crippen molar-refractivity contribution in [1.29, 1.82) is 0 Å². The largest absolute Gasteiger partial charge is 0.494 e. The monoisotopic (exact) mass is 362 g/mol. The first-order chi connectivity index (χ1) is 13.3. The van der Waals surface area contributed by atoms with Gasteiger partial charge in [-0.2, -0.15) is 0 Å². The van der Waals surface area contributed by atoms with Crippen LogP contribution in [0.2, 0.25) is 0 Å². The lowest BCUT2D eigenvalue weighted by Crippen LogP contribution is -2.39. The number of aliphatic imine (C=N–C) groups is 1. The van der Waals surface area contributed by atoms with Crippen molar-refractivity contribution >= 4 is 16.7 Å². The van der Waals surface area contributed by atoms with Crippen molar-refractivity contribution in [2.75, 3.05) is 26.7 Å². The third kappa shape index (κ3) is 5.99. The summed E-state index contributed by atoms with van der Waals surface area (Å²) in [5, 5.41) is 9.06. The van der Waals surface area contributed by atoms with E-state index in [2.05, 4.69) is 50.9 Å². The summed E-state index contributed by atoms with van der Waals surface area (Å²) in [5.74, 6) is 1.72. The number of nitrogens with one attached hydrogen (secondary N) is 2. The van der Waals surface area contributed by atoms with Gasteiger partial charge in [-0.15, -0.1) is 0 Å². The fourth-order valence-corrected chi connectivity index (χ4v) is 2.82. The van der Waals surface area contributed by atoms with E-state index < -0.39 is 0 Å². The van der Waals surface area contributed by atoms with Crippen LogP contribution in [-0.4, -0.2) is 37.7 Å². The van der Waals surface area contributed by atoms with E-state index in [0.717, 1.165) is 37.6 Å². The van der Waals surface area contributed by atoms with Gasteiger partial charge in [0.25, 0.3) is 0 Å². The van der Waals surface area contributed by atoms with E-state index in [1.165, 1.54) is 16.3 Å². The lowest BCUT2D eigenvalue weighted by molar-refractivity contribution is 0.311. The molecule has 3 rings (SSSR count). The molecule has 0 fully saturated rings. The van der Waals surface area contributed by atoms with Gasteiger partial charge in [-0.25, -0.2) is 0 Å². The van der Waals surface area contributed by atoms with E-state index in [1.54, 1.807) is 13.2 Å². The van der Waals surface area contributed by atoms with Gasteiger partial charge in [0, 0.05) is 32.5 Å². The van der Waals surface area contributed by atoms with E-state index in [4.69, 9.17) is 4.74 Å². The maximum Gasteiger partial charge on any atom is 0.190 e. The van der Waals surface area contributed by atoms with Crippen molar-refractivity contribution < 1.29 is 4.74 Å². The summed E-state index contributed by atoms with van der Waals surface area (Å²) in [6.07, 6.45) is 5.50. The van der Waals surface area contributed by atoms with Crippen molar-refractivity contribution in [2.24, 2.45) is 4.99 Å². The molecule has 0 bridgehead atoms. The lowest BCUT2D eigenvalue weighted by atomic mass is 10.1. The van der Waals surface area contributed by atoms with Crippen LogP contribution in [0.5, 0.6) is 5.75 Å². The molecule has 0 aliphatic carbocycles. The van der Waals surface area contributed by atoms with E-state index >= 15 is 0 Å². The van der Waals surface area contributed by atoms with Gasteiger partial charge in [0.15, 0.2) is 5.96 Å². The molecule has 0 unspecified atom stereocenters. The van der Waals surface area contributed by atoms with Crippen LogP contribution in [0.4, 0.5) is 0 Å². The van der Waals surface area contributed by atoms with Crippen molar-refractivity contribution in [3.63, 3.8) is 0 Å². The predicted octanol–water partition coefficient (Wildman–Crippen LogP) is 3.41. The number of guanidine groups is 1. The van der Waals surface area contributed by atoms with E-state index in [9.17, 15) is 0 Å². The fraction of sp³-hybridized carbons (Fsp3) is 0.273. The van der Waals surface area contributed by atoms with Crippen molar-refractivity contribution in [3.05, 3.63) is 72.6 Å². The van der Waals surface area contributed by atoms with E-state index in [-0.39, 0.29) is 0 Å². The molecule has 0 saturated heterocycles. The molecular weight excluding hydrogens is 336 g/mol. The van der Waals surface area contributed by atoms with Crippen molar-refractivity contribution in [1.82, 2.24) is 15.6 Å². The van der Waals surface area contributed by atoms with Crippen LogP contribution >= 0.6 is 0 Å². The molecule has 5 nitrogen and oxygen atoms in total. The molecule has 0 amide bonds. The van der Waals surface area contributed by atoms with Crippen LogP contribution in [0.15, 0.2) is 72.0 Å². The highest BCUT2D eigenvalue weighted by atomic mass is 16.5. The summed E-state index contributed by atoms with van der Waals surface area (Å²) in [6.45, 7) is 2.29. The van der Waals surface area contributed by atoms with Gasteiger partial charge in [0.05, 0.1) is 6.61 Å². The Morgan fingerprint density at radius 2 is 1.85 bits per heavy atom. The molecule has 0 aliphatic heterocycles. The highest BCUT2D eigenvalue weighted by Crippen LogP contribution is 2.20. The van der Waals surface area contributed by atoms with Gasteiger partial charge in [-0.05, 0) is 47.4 Å². The summed E-state index contributed by atoms with van der Waals surface area (Å²) in [6, 6.07) is 18.5. The van der Waals surface area contributed by atoms with Gasteiger partial charge in [0.2, 0.25) is 0 Å². The topological polar surface area (TPSA) is 58.5 Å². The minimum Gasteiger partial charge on any atom is -0.494 e. The number of aromatic nitrogens is 1. The molecule has 0 spiro atoms. The molecule has 2 N–H and O–H groups in total. The van der Waals surface area contributed by atoms with Gasteiger partial charge < -0.3 is 15.4 Å². The Hall–Kier alpha value is -3.08. The lowest BCUT2D eigenvalue weighted by Gasteiger charge is -2.12. The zero-order valence-electron chi connectivity index (χ0n) is 15.7. The average Bonchev–Trinajstić information content (AvgIpc) is 2.73. The first kappa shape index (κ1) is 18.7. The second kappa shape index (κ2) is 10.2. The van der Waals surface area contributed by atoms with Gasteiger partial charge in [0.1, 0.15) is 5.75 Å². The smallest absolute Gasteiger partial charge is 0.190 e. The Balaban J connectivity index is 1.33. The summed E-state index contributed by atoms with van der Waals surface area (Å²) in [5.41, 5.74) is 1.21. The highest BCUT2D eigenvalue weighted by Gasteiger charge is 2.00. The summed E-state index contributed by atoms with van der Waals surface area (Å²) in [4.78, 5) is 8.37. The van der Waals surface area contributed by atoms with Gasteiger partial charge in [-0.3, -0.25) is 9.98 Å². The quantitative estimate of drug-likeness (QED) is 0.366. The number of hydrogen-bond acceptors (Lipinski definition) is 3.